The van der Waals surface area contributed by atoms with Crippen LogP contribution in [0.3, 0.4) is 0 Å². The maximum atomic E-state index is 15.2. The van der Waals surface area contributed by atoms with Crippen molar-refractivity contribution in [2.75, 3.05) is 6.61 Å². The molecule has 0 fully saturated rings. The molecule has 0 aliphatic rings. The lowest BCUT2D eigenvalue weighted by atomic mass is 9.96. The Morgan fingerprint density at radius 1 is 0.475 bits per heavy atom. The van der Waals surface area contributed by atoms with Gasteiger partial charge in [-0.25, -0.2) is 8.78 Å². The van der Waals surface area contributed by atoms with E-state index in [4.69, 9.17) is 4.74 Å². The number of rotatable bonds is 15. The first kappa shape index (κ1) is 29.5. The van der Waals surface area contributed by atoms with Crippen molar-refractivity contribution in [1.82, 2.24) is 0 Å². The second-order valence-corrected chi connectivity index (χ2v) is 10.7. The van der Waals surface area contributed by atoms with Crippen LogP contribution in [0, 0.1) is 11.6 Å². The van der Waals surface area contributed by atoms with Gasteiger partial charge in [0.05, 0.1) is 6.61 Å². The topological polar surface area (TPSA) is 9.23 Å². The minimum Gasteiger partial charge on any atom is -0.494 e. The third kappa shape index (κ3) is 8.03. The zero-order chi connectivity index (χ0) is 28.2. The third-order valence-electron chi connectivity index (χ3n) is 7.57. The second kappa shape index (κ2) is 15.4. The minimum atomic E-state index is -0.815. The fourth-order valence-electron chi connectivity index (χ4n) is 5.08. The van der Waals surface area contributed by atoms with E-state index in [0.29, 0.717) is 16.7 Å². The van der Waals surface area contributed by atoms with Gasteiger partial charge in [0.1, 0.15) is 5.75 Å². The molecule has 0 saturated carbocycles. The van der Waals surface area contributed by atoms with Crippen LogP contribution in [0.15, 0.2) is 84.9 Å². The average Bonchev–Trinajstić information content (AvgIpc) is 2.99. The summed E-state index contributed by atoms with van der Waals surface area (Å²) in [5.41, 5.74) is 5.20. The number of hydrogen-bond donors (Lipinski definition) is 0. The summed E-state index contributed by atoms with van der Waals surface area (Å²) in [6.45, 7) is 5.16. The van der Waals surface area contributed by atoms with Crippen LogP contribution in [-0.4, -0.2) is 6.61 Å². The van der Waals surface area contributed by atoms with Gasteiger partial charge < -0.3 is 4.74 Å². The first-order chi connectivity index (χ1) is 19.6. The molecular formula is C37H42F2O. The van der Waals surface area contributed by atoms with Crippen molar-refractivity contribution in [2.45, 2.75) is 78.1 Å². The molecule has 4 aromatic carbocycles. The lowest BCUT2D eigenvalue weighted by Crippen LogP contribution is -1.97. The SMILES string of the molecule is CCCCCCCOc1ccc(-c2ccc(-c3ccc(-c4ccc(CCCCCC)cc4)c(F)c3F)cc2)cc1. The monoisotopic (exact) mass is 540 g/mol. The van der Waals surface area contributed by atoms with E-state index < -0.39 is 11.6 Å². The van der Waals surface area contributed by atoms with E-state index in [1.54, 1.807) is 12.1 Å². The molecule has 0 atom stereocenters. The molecular weight excluding hydrogens is 498 g/mol. The van der Waals surface area contributed by atoms with Crippen LogP contribution in [0.1, 0.15) is 77.2 Å². The molecule has 0 bridgehead atoms. The smallest absolute Gasteiger partial charge is 0.167 e. The highest BCUT2D eigenvalue weighted by atomic mass is 19.2. The zero-order valence-corrected chi connectivity index (χ0v) is 24.0. The van der Waals surface area contributed by atoms with E-state index in [1.165, 1.54) is 50.5 Å². The molecule has 0 aliphatic heterocycles. The summed E-state index contributed by atoms with van der Waals surface area (Å²) in [4.78, 5) is 0. The molecule has 0 heterocycles. The van der Waals surface area contributed by atoms with Gasteiger partial charge >= 0.3 is 0 Å². The Morgan fingerprint density at radius 2 is 0.925 bits per heavy atom. The quantitative estimate of drug-likeness (QED) is 0.136. The van der Waals surface area contributed by atoms with E-state index in [0.717, 1.165) is 42.7 Å². The first-order valence-corrected chi connectivity index (χ1v) is 15.0. The van der Waals surface area contributed by atoms with Crippen LogP contribution < -0.4 is 4.74 Å². The third-order valence-corrected chi connectivity index (χ3v) is 7.57. The Morgan fingerprint density at radius 3 is 1.48 bits per heavy atom. The molecule has 4 aromatic rings. The van der Waals surface area contributed by atoms with Crippen LogP contribution >= 0.6 is 0 Å². The van der Waals surface area contributed by atoms with Crippen molar-refractivity contribution in [3.05, 3.63) is 102 Å². The van der Waals surface area contributed by atoms with Crippen LogP contribution in [-0.2, 0) is 6.42 Å². The Kier molecular flexibility index (Phi) is 11.3. The predicted octanol–water partition coefficient (Wildman–Crippen LogP) is 11.4. The molecule has 4 rings (SSSR count). The van der Waals surface area contributed by atoms with Gasteiger partial charge in [-0.2, -0.15) is 0 Å². The average molecular weight is 541 g/mol. The Hall–Kier alpha value is -3.46. The lowest BCUT2D eigenvalue weighted by molar-refractivity contribution is 0.304. The van der Waals surface area contributed by atoms with Crippen molar-refractivity contribution in [3.63, 3.8) is 0 Å². The van der Waals surface area contributed by atoms with E-state index in [1.807, 2.05) is 72.8 Å². The summed E-state index contributed by atoms with van der Waals surface area (Å²) in [7, 11) is 0. The highest BCUT2D eigenvalue weighted by molar-refractivity contribution is 5.74. The fraction of sp³-hybridized carbons (Fsp3) is 0.351. The molecule has 1 nitrogen and oxygen atoms in total. The van der Waals surface area contributed by atoms with E-state index in [9.17, 15) is 0 Å². The van der Waals surface area contributed by atoms with Crippen LogP contribution in [0.4, 0.5) is 8.78 Å². The molecule has 0 N–H and O–H groups in total. The van der Waals surface area contributed by atoms with Gasteiger partial charge in [-0.05, 0) is 59.2 Å². The molecule has 0 spiro atoms. The summed E-state index contributed by atoms with van der Waals surface area (Å²) in [5.74, 6) is -0.751. The van der Waals surface area contributed by atoms with Crippen molar-refractivity contribution >= 4 is 0 Å². The number of halogens is 2. The summed E-state index contributed by atoms with van der Waals surface area (Å²) >= 11 is 0. The van der Waals surface area contributed by atoms with Gasteiger partial charge in [0.25, 0.3) is 0 Å². The highest BCUT2D eigenvalue weighted by Gasteiger charge is 2.16. The minimum absolute atomic E-state index is 0.267. The van der Waals surface area contributed by atoms with E-state index in [-0.39, 0.29) is 5.56 Å². The maximum absolute atomic E-state index is 15.2. The molecule has 0 saturated heterocycles. The van der Waals surface area contributed by atoms with Gasteiger partial charge in [0.2, 0.25) is 0 Å². The number of ether oxygens (including phenoxy) is 1. The predicted molar refractivity (Wildman–Crippen MR) is 165 cm³/mol. The normalized spacial score (nSPS) is 11.1. The maximum Gasteiger partial charge on any atom is 0.167 e. The van der Waals surface area contributed by atoms with E-state index in [2.05, 4.69) is 13.8 Å². The zero-order valence-electron chi connectivity index (χ0n) is 24.0. The molecule has 0 amide bonds. The number of benzene rings is 4. The lowest BCUT2D eigenvalue weighted by Gasteiger charge is -2.11. The Bertz CT molecular complexity index is 1310. The number of unbranched alkanes of at least 4 members (excludes halogenated alkanes) is 7. The molecule has 0 aliphatic carbocycles. The molecule has 0 aromatic heterocycles. The summed E-state index contributed by atoms with van der Waals surface area (Å²) in [5, 5.41) is 0. The second-order valence-electron chi connectivity index (χ2n) is 10.7. The Labute approximate surface area is 239 Å². The largest absolute Gasteiger partial charge is 0.494 e. The van der Waals surface area contributed by atoms with Gasteiger partial charge in [0, 0.05) is 11.1 Å². The van der Waals surface area contributed by atoms with Crippen molar-refractivity contribution in [3.8, 4) is 39.1 Å². The van der Waals surface area contributed by atoms with Gasteiger partial charge in [-0.15, -0.1) is 0 Å². The summed E-state index contributed by atoms with van der Waals surface area (Å²) in [6, 6.07) is 26.8. The molecule has 210 valence electrons. The molecule has 0 unspecified atom stereocenters. The number of aryl methyl sites for hydroxylation is 1. The Balaban J connectivity index is 1.39. The van der Waals surface area contributed by atoms with Crippen molar-refractivity contribution < 1.29 is 13.5 Å². The van der Waals surface area contributed by atoms with Gasteiger partial charge in [0.15, 0.2) is 11.6 Å². The standard InChI is InChI=1S/C37H42F2O/c1-3-5-7-9-11-27-40-33-23-21-30(22-24-33)29-17-19-32(20-18-29)35-26-25-34(36(38)37(35)39)31-15-13-28(14-16-31)12-10-8-6-4-2/h13-26H,3-12,27H2,1-2H3. The van der Waals surface area contributed by atoms with Crippen molar-refractivity contribution in [1.29, 1.82) is 0 Å². The molecule has 0 radical (unpaired) electrons. The van der Waals surface area contributed by atoms with Crippen molar-refractivity contribution in [2.24, 2.45) is 0 Å². The van der Waals surface area contributed by atoms with Gasteiger partial charge in [-0.1, -0.05) is 132 Å². The van der Waals surface area contributed by atoms with Crippen LogP contribution in [0.5, 0.6) is 5.75 Å². The highest BCUT2D eigenvalue weighted by Crippen LogP contribution is 2.33. The summed E-state index contributed by atoms with van der Waals surface area (Å²) < 4.78 is 36.3. The number of hydrogen-bond acceptors (Lipinski definition) is 1. The molecule has 40 heavy (non-hydrogen) atoms. The fourth-order valence-corrected chi connectivity index (χ4v) is 5.08. The molecule has 3 heteroatoms. The first-order valence-electron chi connectivity index (χ1n) is 15.0. The van der Waals surface area contributed by atoms with Crippen LogP contribution in [0.25, 0.3) is 33.4 Å². The van der Waals surface area contributed by atoms with E-state index >= 15 is 8.78 Å². The van der Waals surface area contributed by atoms with Crippen LogP contribution in [0.2, 0.25) is 0 Å². The van der Waals surface area contributed by atoms with Gasteiger partial charge in [-0.3, -0.25) is 0 Å². The summed E-state index contributed by atoms with van der Waals surface area (Å²) in [6.07, 6.45) is 11.9.